The van der Waals surface area contributed by atoms with Crippen LogP contribution < -0.4 is 5.73 Å². The van der Waals surface area contributed by atoms with Gasteiger partial charge in [0.15, 0.2) is 0 Å². The highest BCUT2D eigenvalue weighted by atomic mass is 15.1. The second kappa shape index (κ2) is 6.61. The number of nitrogens with zero attached hydrogens (tertiary/aromatic N) is 1. The van der Waals surface area contributed by atoms with Crippen molar-refractivity contribution in [1.29, 1.82) is 0 Å². The molecule has 0 aliphatic carbocycles. The van der Waals surface area contributed by atoms with Crippen molar-refractivity contribution in [1.82, 2.24) is 4.90 Å². The number of rotatable bonds is 5. The van der Waals surface area contributed by atoms with Gasteiger partial charge in [-0.25, -0.2) is 0 Å². The Bertz CT molecular complexity index is 181. The monoisotopic (exact) mass is 226 g/mol. The van der Waals surface area contributed by atoms with E-state index in [1.807, 2.05) is 0 Å². The van der Waals surface area contributed by atoms with E-state index in [0.29, 0.717) is 6.04 Å². The fourth-order valence-corrected chi connectivity index (χ4v) is 2.81. The molecule has 1 aliphatic rings. The Hall–Kier alpha value is -0.0800. The summed E-state index contributed by atoms with van der Waals surface area (Å²) in [6, 6.07) is 0.371. The Labute approximate surface area is 102 Å². The molecule has 1 fully saturated rings. The van der Waals surface area contributed by atoms with Crippen molar-refractivity contribution in [2.45, 2.75) is 53.0 Å². The Kier molecular flexibility index (Phi) is 5.77. The van der Waals surface area contributed by atoms with E-state index >= 15 is 0 Å². The van der Waals surface area contributed by atoms with Crippen molar-refractivity contribution in [3.8, 4) is 0 Å². The maximum Gasteiger partial charge on any atom is 0.0170 e. The first-order valence-corrected chi connectivity index (χ1v) is 6.97. The highest BCUT2D eigenvalue weighted by Gasteiger charge is 2.22. The van der Waals surface area contributed by atoms with Crippen LogP contribution in [0, 0.1) is 17.8 Å². The molecule has 1 aliphatic heterocycles. The quantitative estimate of drug-likeness (QED) is 0.781. The lowest BCUT2D eigenvalue weighted by Gasteiger charge is -2.35. The first-order chi connectivity index (χ1) is 7.49. The van der Waals surface area contributed by atoms with Gasteiger partial charge in [0.2, 0.25) is 0 Å². The molecule has 0 saturated carbocycles. The van der Waals surface area contributed by atoms with E-state index in [2.05, 4.69) is 32.6 Å². The van der Waals surface area contributed by atoms with Gasteiger partial charge in [-0.15, -0.1) is 0 Å². The zero-order valence-electron chi connectivity index (χ0n) is 11.6. The van der Waals surface area contributed by atoms with Crippen LogP contribution in [0.4, 0.5) is 0 Å². The van der Waals surface area contributed by atoms with Crippen LogP contribution >= 0.6 is 0 Å². The molecule has 1 atom stereocenters. The minimum absolute atomic E-state index is 0.371. The van der Waals surface area contributed by atoms with Crippen molar-refractivity contribution in [2.75, 3.05) is 19.6 Å². The van der Waals surface area contributed by atoms with Crippen LogP contribution in [0.3, 0.4) is 0 Å². The molecular formula is C14H30N2. The van der Waals surface area contributed by atoms with Gasteiger partial charge in [-0.05, 0) is 50.1 Å². The SMILES string of the molecule is CC(C)CC(N)CN1CCC(C(C)C)CC1. The fraction of sp³-hybridized carbons (Fsp3) is 1.00. The van der Waals surface area contributed by atoms with E-state index in [1.165, 1.54) is 25.9 Å². The van der Waals surface area contributed by atoms with Crippen LogP contribution in [0.2, 0.25) is 0 Å². The molecule has 2 nitrogen and oxygen atoms in total. The second-order valence-electron chi connectivity index (χ2n) is 6.27. The smallest absolute Gasteiger partial charge is 0.0170 e. The van der Waals surface area contributed by atoms with Crippen molar-refractivity contribution in [3.63, 3.8) is 0 Å². The molecule has 1 saturated heterocycles. The lowest BCUT2D eigenvalue weighted by Crippen LogP contribution is -2.43. The van der Waals surface area contributed by atoms with Gasteiger partial charge < -0.3 is 10.6 Å². The van der Waals surface area contributed by atoms with E-state index in [-0.39, 0.29) is 0 Å². The predicted molar refractivity (Wildman–Crippen MR) is 71.4 cm³/mol. The maximum atomic E-state index is 6.16. The lowest BCUT2D eigenvalue weighted by molar-refractivity contribution is 0.148. The van der Waals surface area contributed by atoms with Gasteiger partial charge in [0, 0.05) is 12.6 Å². The fourth-order valence-electron chi connectivity index (χ4n) is 2.81. The van der Waals surface area contributed by atoms with Gasteiger partial charge in [0.25, 0.3) is 0 Å². The molecule has 2 N–H and O–H groups in total. The van der Waals surface area contributed by atoms with Crippen LogP contribution in [0.1, 0.15) is 47.0 Å². The van der Waals surface area contributed by atoms with Crippen molar-refractivity contribution >= 4 is 0 Å². The molecule has 0 amide bonds. The molecule has 0 bridgehead atoms. The molecule has 16 heavy (non-hydrogen) atoms. The molecule has 1 heterocycles. The van der Waals surface area contributed by atoms with Crippen LogP contribution in [0.25, 0.3) is 0 Å². The molecule has 0 aromatic rings. The first-order valence-electron chi connectivity index (χ1n) is 6.97. The normalized spacial score (nSPS) is 21.9. The third kappa shape index (κ3) is 4.84. The van der Waals surface area contributed by atoms with E-state index < -0.39 is 0 Å². The van der Waals surface area contributed by atoms with Gasteiger partial charge in [-0.3, -0.25) is 0 Å². The zero-order chi connectivity index (χ0) is 12.1. The number of hydrogen-bond donors (Lipinski definition) is 1. The zero-order valence-corrected chi connectivity index (χ0v) is 11.6. The molecule has 0 radical (unpaired) electrons. The number of likely N-dealkylation sites (tertiary alicyclic amines) is 1. The average Bonchev–Trinajstić information content (AvgIpc) is 2.16. The Morgan fingerprint density at radius 2 is 1.69 bits per heavy atom. The number of piperidine rings is 1. The van der Waals surface area contributed by atoms with E-state index in [0.717, 1.165) is 30.7 Å². The molecule has 0 spiro atoms. The van der Waals surface area contributed by atoms with E-state index in [9.17, 15) is 0 Å². The van der Waals surface area contributed by atoms with Gasteiger partial charge in [0.05, 0.1) is 0 Å². The summed E-state index contributed by atoms with van der Waals surface area (Å²) in [4.78, 5) is 2.56. The third-order valence-corrected chi connectivity index (χ3v) is 3.84. The molecule has 96 valence electrons. The van der Waals surface area contributed by atoms with Crippen LogP contribution in [0.15, 0.2) is 0 Å². The van der Waals surface area contributed by atoms with Crippen molar-refractivity contribution in [2.24, 2.45) is 23.5 Å². The van der Waals surface area contributed by atoms with Crippen LogP contribution in [0.5, 0.6) is 0 Å². The minimum Gasteiger partial charge on any atom is -0.327 e. The van der Waals surface area contributed by atoms with Crippen molar-refractivity contribution < 1.29 is 0 Å². The summed E-state index contributed by atoms with van der Waals surface area (Å²) in [5.74, 6) is 2.52. The molecule has 0 aromatic carbocycles. The highest BCUT2D eigenvalue weighted by Crippen LogP contribution is 2.24. The van der Waals surface area contributed by atoms with Gasteiger partial charge in [-0.2, -0.15) is 0 Å². The lowest BCUT2D eigenvalue weighted by atomic mass is 9.86. The summed E-state index contributed by atoms with van der Waals surface area (Å²) in [5.41, 5.74) is 6.16. The van der Waals surface area contributed by atoms with Gasteiger partial charge in [0.1, 0.15) is 0 Å². The first kappa shape index (κ1) is 14.0. The highest BCUT2D eigenvalue weighted by molar-refractivity contribution is 4.77. The minimum atomic E-state index is 0.371. The standard InChI is InChI=1S/C14H30N2/c1-11(2)9-14(15)10-16-7-5-13(6-8-16)12(3)4/h11-14H,5-10,15H2,1-4H3. The number of hydrogen-bond acceptors (Lipinski definition) is 2. The molecule has 2 heteroatoms. The molecular weight excluding hydrogens is 196 g/mol. The summed E-state index contributed by atoms with van der Waals surface area (Å²) >= 11 is 0. The predicted octanol–water partition coefficient (Wildman–Crippen LogP) is 2.73. The van der Waals surface area contributed by atoms with Crippen molar-refractivity contribution in [3.05, 3.63) is 0 Å². The van der Waals surface area contributed by atoms with Crippen LogP contribution in [-0.4, -0.2) is 30.6 Å². The summed E-state index contributed by atoms with van der Waals surface area (Å²) in [5, 5.41) is 0. The summed E-state index contributed by atoms with van der Waals surface area (Å²) in [6.45, 7) is 12.8. The summed E-state index contributed by atoms with van der Waals surface area (Å²) < 4.78 is 0. The Balaban J connectivity index is 2.21. The molecule has 0 aromatic heterocycles. The maximum absolute atomic E-state index is 6.16. The topological polar surface area (TPSA) is 29.3 Å². The summed E-state index contributed by atoms with van der Waals surface area (Å²) in [7, 11) is 0. The van der Waals surface area contributed by atoms with E-state index in [1.54, 1.807) is 0 Å². The molecule has 1 rings (SSSR count). The van der Waals surface area contributed by atoms with Crippen LogP contribution in [-0.2, 0) is 0 Å². The Morgan fingerprint density at radius 1 is 1.12 bits per heavy atom. The Morgan fingerprint density at radius 3 is 2.12 bits per heavy atom. The second-order valence-corrected chi connectivity index (χ2v) is 6.27. The van der Waals surface area contributed by atoms with E-state index in [4.69, 9.17) is 5.73 Å². The third-order valence-electron chi connectivity index (χ3n) is 3.84. The van der Waals surface area contributed by atoms with Gasteiger partial charge in [-0.1, -0.05) is 27.7 Å². The average molecular weight is 226 g/mol. The van der Waals surface area contributed by atoms with Gasteiger partial charge >= 0.3 is 0 Å². The molecule has 1 unspecified atom stereocenters. The summed E-state index contributed by atoms with van der Waals surface area (Å²) in [6.07, 6.45) is 3.89. The number of nitrogens with two attached hydrogens (primary N) is 1. The largest absolute Gasteiger partial charge is 0.327 e.